The van der Waals surface area contributed by atoms with E-state index in [9.17, 15) is 0 Å². The van der Waals surface area contributed by atoms with E-state index in [0.29, 0.717) is 11.9 Å². The fourth-order valence-corrected chi connectivity index (χ4v) is 2.50. The molecule has 1 fully saturated rings. The van der Waals surface area contributed by atoms with Gasteiger partial charge in [-0.3, -0.25) is 0 Å². The molecule has 19 heavy (non-hydrogen) atoms. The van der Waals surface area contributed by atoms with Crippen molar-refractivity contribution >= 4 is 16.9 Å². The highest BCUT2D eigenvalue weighted by Gasteiger charge is 2.25. The van der Waals surface area contributed by atoms with Gasteiger partial charge in [-0.1, -0.05) is 13.8 Å². The molecule has 3 rings (SSSR count). The van der Waals surface area contributed by atoms with Crippen LogP contribution in [0.1, 0.15) is 45.4 Å². The number of nitrogen functional groups attached to an aromatic ring is 1. The standard InChI is InChI=1S/C12H16N4O.C2H6/c1-7-5-16(9-4-3-8(2)17-9)12-10(7)11(13)14-6-15-12;1-2/h5-6,8-9H,3-4H2,1-2H3,(H2,13,14,15);1-2H3. The fraction of sp³-hybridized carbons (Fsp3) is 0.571. The number of aromatic nitrogens is 3. The van der Waals surface area contributed by atoms with E-state index >= 15 is 0 Å². The quantitative estimate of drug-likeness (QED) is 0.857. The minimum atomic E-state index is 0.0792. The van der Waals surface area contributed by atoms with E-state index in [1.807, 2.05) is 20.8 Å². The van der Waals surface area contributed by atoms with Gasteiger partial charge in [0, 0.05) is 6.20 Å². The van der Waals surface area contributed by atoms with Crippen molar-refractivity contribution in [2.24, 2.45) is 0 Å². The lowest BCUT2D eigenvalue weighted by atomic mass is 10.2. The molecule has 104 valence electrons. The summed E-state index contributed by atoms with van der Waals surface area (Å²) in [5.74, 6) is 0.539. The molecule has 5 heteroatoms. The Morgan fingerprint density at radius 2 is 2.05 bits per heavy atom. The molecule has 2 atom stereocenters. The Morgan fingerprint density at radius 3 is 2.68 bits per heavy atom. The molecule has 0 amide bonds. The highest BCUT2D eigenvalue weighted by atomic mass is 16.5. The maximum absolute atomic E-state index is 5.89. The van der Waals surface area contributed by atoms with E-state index in [1.54, 1.807) is 0 Å². The summed E-state index contributed by atoms with van der Waals surface area (Å²) in [6.07, 6.45) is 6.07. The average Bonchev–Trinajstić information content (AvgIpc) is 2.97. The Bertz CT molecular complexity index is 564. The van der Waals surface area contributed by atoms with Gasteiger partial charge in [-0.05, 0) is 32.3 Å². The van der Waals surface area contributed by atoms with Crippen molar-refractivity contribution < 1.29 is 4.74 Å². The summed E-state index contributed by atoms with van der Waals surface area (Å²) < 4.78 is 7.95. The van der Waals surface area contributed by atoms with Gasteiger partial charge in [-0.15, -0.1) is 0 Å². The highest BCUT2D eigenvalue weighted by Crippen LogP contribution is 2.33. The molecule has 2 aromatic rings. The maximum Gasteiger partial charge on any atom is 0.147 e. The van der Waals surface area contributed by atoms with Crippen molar-refractivity contribution in [2.75, 3.05) is 5.73 Å². The van der Waals surface area contributed by atoms with Crippen molar-refractivity contribution in [3.05, 3.63) is 18.1 Å². The van der Waals surface area contributed by atoms with Crippen LogP contribution < -0.4 is 5.73 Å². The summed E-state index contributed by atoms with van der Waals surface area (Å²) in [6.45, 7) is 8.12. The number of anilines is 1. The van der Waals surface area contributed by atoms with Crippen molar-refractivity contribution in [1.29, 1.82) is 0 Å². The van der Waals surface area contributed by atoms with E-state index in [2.05, 4.69) is 27.7 Å². The van der Waals surface area contributed by atoms with Gasteiger partial charge in [0.05, 0.1) is 11.5 Å². The molecular weight excluding hydrogens is 240 g/mol. The van der Waals surface area contributed by atoms with Crippen molar-refractivity contribution in [1.82, 2.24) is 14.5 Å². The Hall–Kier alpha value is -1.62. The molecule has 3 heterocycles. The first-order valence-corrected chi connectivity index (χ1v) is 6.90. The van der Waals surface area contributed by atoms with Crippen LogP contribution in [0.4, 0.5) is 5.82 Å². The second-order valence-electron chi connectivity index (χ2n) is 4.66. The zero-order chi connectivity index (χ0) is 14.0. The van der Waals surface area contributed by atoms with E-state index in [0.717, 1.165) is 29.4 Å². The smallest absolute Gasteiger partial charge is 0.147 e. The van der Waals surface area contributed by atoms with E-state index in [4.69, 9.17) is 10.5 Å². The highest BCUT2D eigenvalue weighted by molar-refractivity contribution is 5.89. The minimum Gasteiger partial charge on any atom is -0.383 e. The van der Waals surface area contributed by atoms with Crippen molar-refractivity contribution in [3.8, 4) is 0 Å². The Balaban J connectivity index is 0.000000637. The molecule has 1 aliphatic heterocycles. The van der Waals surface area contributed by atoms with Crippen LogP contribution in [0.3, 0.4) is 0 Å². The predicted octanol–water partition coefficient (Wildman–Crippen LogP) is 3.05. The molecular formula is C14H22N4O. The van der Waals surface area contributed by atoms with Gasteiger partial charge in [0.25, 0.3) is 0 Å². The first-order valence-electron chi connectivity index (χ1n) is 6.90. The van der Waals surface area contributed by atoms with Gasteiger partial charge in [-0.25, -0.2) is 9.97 Å². The minimum absolute atomic E-state index is 0.0792. The van der Waals surface area contributed by atoms with Gasteiger partial charge in [0.1, 0.15) is 24.0 Å². The molecule has 1 aliphatic rings. The molecule has 0 radical (unpaired) electrons. The lowest BCUT2D eigenvalue weighted by Crippen LogP contribution is -2.09. The van der Waals surface area contributed by atoms with Gasteiger partial charge >= 0.3 is 0 Å². The Morgan fingerprint density at radius 1 is 1.32 bits per heavy atom. The lowest BCUT2D eigenvalue weighted by Gasteiger charge is -2.13. The number of rotatable bonds is 1. The summed E-state index contributed by atoms with van der Waals surface area (Å²) in [5.41, 5.74) is 7.86. The van der Waals surface area contributed by atoms with Crippen LogP contribution in [0.15, 0.2) is 12.5 Å². The monoisotopic (exact) mass is 262 g/mol. The lowest BCUT2D eigenvalue weighted by molar-refractivity contribution is 0.0134. The number of ether oxygens (including phenoxy) is 1. The molecule has 0 saturated carbocycles. The molecule has 0 spiro atoms. The van der Waals surface area contributed by atoms with Gasteiger partial charge in [-0.2, -0.15) is 0 Å². The maximum atomic E-state index is 5.89. The van der Waals surface area contributed by atoms with E-state index in [-0.39, 0.29) is 6.23 Å². The second kappa shape index (κ2) is 5.57. The topological polar surface area (TPSA) is 66.0 Å². The average molecular weight is 262 g/mol. The number of aryl methyl sites for hydroxylation is 1. The third kappa shape index (κ3) is 2.42. The van der Waals surface area contributed by atoms with Crippen LogP contribution in [0.5, 0.6) is 0 Å². The molecule has 0 aromatic carbocycles. The zero-order valence-electron chi connectivity index (χ0n) is 12.1. The largest absolute Gasteiger partial charge is 0.383 e. The SMILES string of the molecule is CC.Cc1cn(C2CCC(C)O2)c2ncnc(N)c12. The van der Waals surface area contributed by atoms with Gasteiger partial charge in [0.15, 0.2) is 0 Å². The van der Waals surface area contributed by atoms with Crippen LogP contribution in [0.25, 0.3) is 11.0 Å². The molecule has 5 nitrogen and oxygen atoms in total. The number of nitrogens with two attached hydrogens (primary N) is 1. The van der Waals surface area contributed by atoms with Crippen LogP contribution in [0, 0.1) is 6.92 Å². The Labute approximate surface area is 113 Å². The van der Waals surface area contributed by atoms with Gasteiger partial charge < -0.3 is 15.0 Å². The summed E-state index contributed by atoms with van der Waals surface area (Å²) >= 11 is 0. The number of hydrogen-bond donors (Lipinski definition) is 1. The van der Waals surface area contributed by atoms with Crippen LogP contribution in [-0.2, 0) is 4.74 Å². The Kier molecular flexibility index (Phi) is 4.04. The number of fused-ring (bicyclic) bond motifs is 1. The molecule has 2 aromatic heterocycles. The normalized spacial score (nSPS) is 22.3. The molecule has 0 bridgehead atoms. The fourth-order valence-electron chi connectivity index (χ4n) is 2.50. The summed E-state index contributed by atoms with van der Waals surface area (Å²) in [5, 5.41) is 0.940. The van der Waals surface area contributed by atoms with Crippen molar-refractivity contribution in [2.45, 2.75) is 52.9 Å². The summed E-state index contributed by atoms with van der Waals surface area (Å²) in [4.78, 5) is 8.36. The molecule has 0 aliphatic carbocycles. The third-order valence-electron chi connectivity index (χ3n) is 3.35. The number of hydrogen-bond acceptors (Lipinski definition) is 4. The first kappa shape index (κ1) is 13.8. The van der Waals surface area contributed by atoms with Crippen LogP contribution in [-0.4, -0.2) is 20.6 Å². The van der Waals surface area contributed by atoms with Gasteiger partial charge in [0.2, 0.25) is 0 Å². The first-order chi connectivity index (χ1) is 9.16. The van der Waals surface area contributed by atoms with Crippen LogP contribution >= 0.6 is 0 Å². The third-order valence-corrected chi connectivity index (χ3v) is 3.35. The molecule has 1 saturated heterocycles. The molecule has 2 N–H and O–H groups in total. The molecule has 2 unspecified atom stereocenters. The zero-order valence-corrected chi connectivity index (χ0v) is 12.1. The van der Waals surface area contributed by atoms with E-state index in [1.165, 1.54) is 6.33 Å². The summed E-state index contributed by atoms with van der Waals surface area (Å²) in [7, 11) is 0. The number of nitrogens with zero attached hydrogens (tertiary/aromatic N) is 3. The second-order valence-corrected chi connectivity index (χ2v) is 4.66. The van der Waals surface area contributed by atoms with Crippen molar-refractivity contribution in [3.63, 3.8) is 0 Å². The van der Waals surface area contributed by atoms with E-state index < -0.39 is 0 Å². The predicted molar refractivity (Wildman–Crippen MR) is 76.8 cm³/mol. The van der Waals surface area contributed by atoms with Crippen LogP contribution in [0.2, 0.25) is 0 Å². The summed E-state index contributed by atoms with van der Waals surface area (Å²) in [6, 6.07) is 0.